The largest absolute Gasteiger partial charge is 0.587 e. The van der Waals surface area contributed by atoms with E-state index in [1.807, 2.05) is 41.2 Å². The van der Waals surface area contributed by atoms with Gasteiger partial charge in [-0.3, -0.25) is 0 Å². The normalized spacial score (nSPS) is 15.4. The molecule has 1 aliphatic heterocycles. The highest BCUT2D eigenvalue weighted by Gasteiger charge is 2.25. The molecular weight excluding hydrogens is 474 g/mol. The maximum absolute atomic E-state index is 13.6. The summed E-state index contributed by atoms with van der Waals surface area (Å²) in [5.41, 5.74) is 4.89. The van der Waals surface area contributed by atoms with Crippen molar-refractivity contribution < 1.29 is 9.29 Å². The number of aromatic nitrogens is 2. The van der Waals surface area contributed by atoms with E-state index in [4.69, 9.17) is 4.74 Å². The fourth-order valence-electron chi connectivity index (χ4n) is 3.84. The highest BCUT2D eigenvalue weighted by molar-refractivity contribution is 9.10. The number of halogens is 1. The van der Waals surface area contributed by atoms with E-state index >= 15 is 0 Å². The zero-order valence-electron chi connectivity index (χ0n) is 17.1. The van der Waals surface area contributed by atoms with Crippen molar-refractivity contribution >= 4 is 44.0 Å². The number of aryl methyl sites for hydroxylation is 1. The maximum Gasteiger partial charge on any atom is 0.188 e. The van der Waals surface area contributed by atoms with Gasteiger partial charge >= 0.3 is 0 Å². The first-order valence-electron chi connectivity index (χ1n) is 10.2. The molecule has 0 spiro atoms. The van der Waals surface area contributed by atoms with E-state index in [9.17, 15) is 4.55 Å². The highest BCUT2D eigenvalue weighted by atomic mass is 79.9. The molecule has 1 unspecified atom stereocenters. The number of anilines is 1. The highest BCUT2D eigenvalue weighted by Crippen LogP contribution is 2.35. The third-order valence-electron chi connectivity index (χ3n) is 5.54. The van der Waals surface area contributed by atoms with Crippen LogP contribution in [0.5, 0.6) is 0 Å². The van der Waals surface area contributed by atoms with Crippen molar-refractivity contribution in [1.82, 2.24) is 8.96 Å². The predicted molar refractivity (Wildman–Crippen MR) is 129 cm³/mol. The molecule has 1 atom stereocenters. The summed E-state index contributed by atoms with van der Waals surface area (Å²) in [6.45, 7) is 5.33. The first-order chi connectivity index (χ1) is 15.1. The minimum Gasteiger partial charge on any atom is -0.587 e. The van der Waals surface area contributed by atoms with Crippen LogP contribution in [0.3, 0.4) is 0 Å². The Labute approximate surface area is 193 Å². The third kappa shape index (κ3) is 3.99. The summed E-state index contributed by atoms with van der Waals surface area (Å²) in [4.78, 5) is 7.63. The van der Waals surface area contributed by atoms with E-state index < -0.39 is 11.4 Å². The molecule has 5 nitrogen and oxygen atoms in total. The van der Waals surface area contributed by atoms with Crippen LogP contribution in [0.1, 0.15) is 5.56 Å². The van der Waals surface area contributed by atoms with Gasteiger partial charge < -0.3 is 14.2 Å². The topological polar surface area (TPSA) is 53.3 Å². The molecule has 1 aliphatic rings. The lowest BCUT2D eigenvalue weighted by atomic mass is 10.1. The summed E-state index contributed by atoms with van der Waals surface area (Å²) < 4.78 is 21.9. The molecule has 0 radical (unpaired) electrons. The molecular formula is C24H22BrN3O2S. The predicted octanol–water partition coefficient (Wildman–Crippen LogP) is 5.18. The molecule has 1 fully saturated rings. The Hall–Kier alpha value is -2.32. The summed E-state index contributed by atoms with van der Waals surface area (Å²) in [5.74, 6) is 0. The molecule has 0 bridgehead atoms. The molecule has 2 aromatic heterocycles. The van der Waals surface area contributed by atoms with Crippen molar-refractivity contribution in [3.8, 4) is 11.3 Å². The standard InChI is InChI=1S/C24H22BrN3O2S/c1-17-2-8-20(9-3-17)31(29)28-23(16-21-22(25)10-11-26-24(21)28)18-4-6-19(7-5-18)27-12-14-30-15-13-27/h2-11,16H,12-15H2,1H3. The van der Waals surface area contributed by atoms with Crippen molar-refractivity contribution in [3.63, 3.8) is 0 Å². The molecule has 0 aliphatic carbocycles. The molecule has 158 valence electrons. The van der Waals surface area contributed by atoms with Gasteiger partial charge in [0.1, 0.15) is 17.1 Å². The van der Waals surface area contributed by atoms with E-state index in [0.717, 1.165) is 57.9 Å². The van der Waals surface area contributed by atoms with E-state index in [0.29, 0.717) is 5.65 Å². The van der Waals surface area contributed by atoms with Gasteiger partial charge in [-0.1, -0.05) is 29.8 Å². The first-order valence-corrected chi connectivity index (χ1v) is 12.1. The number of benzene rings is 2. The molecule has 2 aromatic carbocycles. The number of fused-ring (bicyclic) bond motifs is 1. The lowest BCUT2D eigenvalue weighted by molar-refractivity contribution is 0.122. The van der Waals surface area contributed by atoms with E-state index in [2.05, 4.69) is 56.1 Å². The van der Waals surface area contributed by atoms with Crippen LogP contribution in [-0.2, 0) is 16.1 Å². The Kier molecular flexibility index (Phi) is 5.75. The average molecular weight is 496 g/mol. The van der Waals surface area contributed by atoms with Crippen molar-refractivity contribution in [3.05, 3.63) is 76.9 Å². The van der Waals surface area contributed by atoms with E-state index in [1.54, 1.807) is 6.20 Å². The summed E-state index contributed by atoms with van der Waals surface area (Å²) in [5, 5.41) is 0.940. The lowest BCUT2D eigenvalue weighted by Crippen LogP contribution is -2.36. The van der Waals surface area contributed by atoms with Crippen molar-refractivity contribution in [2.75, 3.05) is 31.2 Å². The second-order valence-electron chi connectivity index (χ2n) is 7.56. The fourth-order valence-corrected chi connectivity index (χ4v) is 5.47. The quantitative estimate of drug-likeness (QED) is 0.366. The Morgan fingerprint density at radius 3 is 2.42 bits per heavy atom. The second kappa shape index (κ2) is 8.67. The van der Waals surface area contributed by atoms with Gasteiger partial charge in [-0.2, -0.15) is 0 Å². The molecule has 0 saturated carbocycles. The van der Waals surface area contributed by atoms with Crippen LogP contribution in [0.4, 0.5) is 5.69 Å². The number of nitrogens with zero attached hydrogens (tertiary/aromatic N) is 3. The van der Waals surface area contributed by atoms with Crippen LogP contribution in [0.25, 0.3) is 22.3 Å². The summed E-state index contributed by atoms with van der Waals surface area (Å²) in [7, 11) is 0. The Bertz CT molecular complexity index is 1200. The molecule has 7 heteroatoms. The molecule has 4 aromatic rings. The Morgan fingerprint density at radius 1 is 1.00 bits per heavy atom. The monoisotopic (exact) mass is 495 g/mol. The maximum atomic E-state index is 13.6. The second-order valence-corrected chi connectivity index (χ2v) is 9.75. The van der Waals surface area contributed by atoms with Gasteiger partial charge in [-0.05, 0) is 59.3 Å². The zero-order chi connectivity index (χ0) is 21.4. The molecule has 0 N–H and O–H groups in total. The van der Waals surface area contributed by atoms with Crippen LogP contribution < -0.4 is 4.90 Å². The van der Waals surface area contributed by atoms with Gasteiger partial charge in [0.05, 0.1) is 13.2 Å². The van der Waals surface area contributed by atoms with Crippen molar-refractivity contribution in [2.45, 2.75) is 11.8 Å². The van der Waals surface area contributed by atoms with Crippen LogP contribution in [0, 0.1) is 6.92 Å². The smallest absolute Gasteiger partial charge is 0.188 e. The van der Waals surface area contributed by atoms with Crippen molar-refractivity contribution in [2.24, 2.45) is 0 Å². The number of morpholine rings is 1. The van der Waals surface area contributed by atoms with Gasteiger partial charge in [0, 0.05) is 40.4 Å². The van der Waals surface area contributed by atoms with Gasteiger partial charge in [-0.25, -0.2) is 4.98 Å². The van der Waals surface area contributed by atoms with Gasteiger partial charge in [0.25, 0.3) is 0 Å². The minimum atomic E-state index is -1.42. The summed E-state index contributed by atoms with van der Waals surface area (Å²) in [6.07, 6.45) is 1.74. The number of pyridine rings is 1. The zero-order valence-corrected chi connectivity index (χ0v) is 19.5. The molecule has 31 heavy (non-hydrogen) atoms. The van der Waals surface area contributed by atoms with Crippen LogP contribution in [0.15, 0.2) is 76.2 Å². The molecule has 0 amide bonds. The molecule has 5 rings (SSSR count). The number of ether oxygens (including phenoxy) is 1. The molecule has 3 heterocycles. The van der Waals surface area contributed by atoms with Crippen LogP contribution in [-0.4, -0.2) is 39.8 Å². The van der Waals surface area contributed by atoms with Gasteiger partial charge in [0.2, 0.25) is 0 Å². The lowest BCUT2D eigenvalue weighted by Gasteiger charge is -2.28. The van der Waals surface area contributed by atoms with E-state index in [1.165, 1.54) is 5.69 Å². The van der Waals surface area contributed by atoms with Gasteiger partial charge in [-0.15, -0.1) is 3.97 Å². The average Bonchev–Trinajstić information content (AvgIpc) is 3.21. The van der Waals surface area contributed by atoms with Crippen LogP contribution in [0.2, 0.25) is 0 Å². The summed E-state index contributed by atoms with van der Waals surface area (Å²) in [6, 6.07) is 20.2. The first kappa shape index (κ1) is 20.6. The number of hydrogen-bond donors (Lipinski definition) is 0. The third-order valence-corrected chi connectivity index (χ3v) is 7.60. The van der Waals surface area contributed by atoms with Crippen molar-refractivity contribution in [1.29, 1.82) is 0 Å². The number of rotatable bonds is 4. The fraction of sp³-hybridized carbons (Fsp3) is 0.208. The number of hydrogen-bond acceptors (Lipinski definition) is 4. The Morgan fingerprint density at radius 2 is 1.71 bits per heavy atom. The minimum absolute atomic E-state index is 0.695. The van der Waals surface area contributed by atoms with E-state index in [-0.39, 0.29) is 0 Å². The summed E-state index contributed by atoms with van der Waals surface area (Å²) >= 11 is 2.20. The van der Waals surface area contributed by atoms with Gasteiger partial charge in [0.15, 0.2) is 10.5 Å². The molecule has 1 saturated heterocycles. The van der Waals surface area contributed by atoms with Crippen LogP contribution >= 0.6 is 15.9 Å². The SMILES string of the molecule is Cc1ccc([S+]([O-])n2c(-c3ccc(N4CCOCC4)cc3)cc3c(Br)ccnc32)cc1. The Balaban J connectivity index is 1.60.